The molecule has 0 unspecified atom stereocenters. The summed E-state index contributed by atoms with van der Waals surface area (Å²) in [6.07, 6.45) is 4.58. The van der Waals surface area contributed by atoms with E-state index in [-0.39, 0.29) is 18.1 Å². The molecule has 0 aliphatic heterocycles. The number of benzene rings is 2. The van der Waals surface area contributed by atoms with Gasteiger partial charge in [-0.15, -0.1) is 0 Å². The van der Waals surface area contributed by atoms with E-state index >= 15 is 0 Å². The van der Waals surface area contributed by atoms with Crippen LogP contribution < -0.4 is 5.32 Å². The Labute approximate surface area is 160 Å². The quantitative estimate of drug-likeness (QED) is 0.642. The number of carboxylic acids is 1. The van der Waals surface area contributed by atoms with Crippen LogP contribution in [-0.2, 0) is 23.1 Å². The fourth-order valence-corrected chi connectivity index (χ4v) is 2.77. The first-order valence-electron chi connectivity index (χ1n) is 8.50. The van der Waals surface area contributed by atoms with Crippen LogP contribution in [0.25, 0.3) is 17.3 Å². The molecule has 0 spiro atoms. The van der Waals surface area contributed by atoms with Crippen molar-refractivity contribution in [3.8, 4) is 11.3 Å². The van der Waals surface area contributed by atoms with E-state index in [2.05, 4.69) is 10.4 Å². The largest absolute Gasteiger partial charge is 0.481 e. The van der Waals surface area contributed by atoms with Gasteiger partial charge in [-0.1, -0.05) is 12.1 Å². The van der Waals surface area contributed by atoms with Gasteiger partial charge in [-0.25, -0.2) is 4.39 Å². The fraction of sp³-hybridized carbons (Fsp3) is 0.0952. The number of hydrogen-bond donors (Lipinski definition) is 2. The molecular weight excluding hydrogens is 361 g/mol. The number of amides is 1. The summed E-state index contributed by atoms with van der Waals surface area (Å²) in [4.78, 5) is 22.9. The van der Waals surface area contributed by atoms with Crippen LogP contribution in [0.15, 0.2) is 60.8 Å². The van der Waals surface area contributed by atoms with Gasteiger partial charge in [0.05, 0.1) is 18.3 Å². The van der Waals surface area contributed by atoms with Gasteiger partial charge in [0.2, 0.25) is 5.91 Å². The Morgan fingerprint density at radius 1 is 1.14 bits per heavy atom. The number of anilines is 1. The minimum atomic E-state index is -0.909. The Balaban J connectivity index is 1.71. The highest BCUT2D eigenvalue weighted by Crippen LogP contribution is 2.24. The minimum absolute atomic E-state index is 0.0682. The van der Waals surface area contributed by atoms with Crippen LogP contribution in [0, 0.1) is 5.82 Å². The van der Waals surface area contributed by atoms with E-state index in [0.29, 0.717) is 11.3 Å². The van der Waals surface area contributed by atoms with Crippen molar-refractivity contribution >= 4 is 23.6 Å². The van der Waals surface area contributed by atoms with E-state index in [0.717, 1.165) is 16.8 Å². The molecule has 0 saturated heterocycles. The normalized spacial score (nSPS) is 10.9. The lowest BCUT2D eigenvalue weighted by Crippen LogP contribution is -2.08. The number of hydrogen-bond acceptors (Lipinski definition) is 3. The minimum Gasteiger partial charge on any atom is -0.481 e. The number of halogens is 1. The molecule has 1 amide bonds. The Morgan fingerprint density at radius 2 is 1.82 bits per heavy atom. The molecule has 1 aromatic heterocycles. The van der Waals surface area contributed by atoms with E-state index in [1.54, 1.807) is 60.4 Å². The van der Waals surface area contributed by atoms with Crippen molar-refractivity contribution in [1.82, 2.24) is 9.78 Å². The number of aliphatic carboxylic acids is 1. The summed E-state index contributed by atoms with van der Waals surface area (Å²) in [5.74, 6) is -1.56. The molecule has 1 heterocycles. The third-order valence-corrected chi connectivity index (χ3v) is 4.08. The van der Waals surface area contributed by atoms with Gasteiger partial charge in [0, 0.05) is 29.9 Å². The summed E-state index contributed by atoms with van der Waals surface area (Å²) in [6.45, 7) is 0. The number of carboxylic acid groups (broad SMARTS) is 1. The van der Waals surface area contributed by atoms with Crippen LogP contribution >= 0.6 is 0 Å². The zero-order valence-electron chi connectivity index (χ0n) is 15.1. The van der Waals surface area contributed by atoms with Crippen molar-refractivity contribution in [2.24, 2.45) is 7.05 Å². The van der Waals surface area contributed by atoms with Gasteiger partial charge < -0.3 is 10.4 Å². The Bertz CT molecular complexity index is 1020. The first-order valence-corrected chi connectivity index (χ1v) is 8.50. The van der Waals surface area contributed by atoms with Gasteiger partial charge in [0.25, 0.3) is 0 Å². The number of carbonyl (C=O) groups excluding carboxylic acids is 1. The highest BCUT2D eigenvalue weighted by molar-refractivity contribution is 6.02. The van der Waals surface area contributed by atoms with Crippen molar-refractivity contribution < 1.29 is 19.1 Å². The Morgan fingerprint density at radius 3 is 2.46 bits per heavy atom. The second-order valence-electron chi connectivity index (χ2n) is 6.17. The van der Waals surface area contributed by atoms with Gasteiger partial charge in [-0.05, 0) is 48.0 Å². The number of aryl methyl sites for hydroxylation is 1. The van der Waals surface area contributed by atoms with E-state index < -0.39 is 5.97 Å². The van der Waals surface area contributed by atoms with Crippen molar-refractivity contribution in [2.75, 3.05) is 5.32 Å². The lowest BCUT2D eigenvalue weighted by atomic mass is 10.1. The van der Waals surface area contributed by atoms with Crippen molar-refractivity contribution in [3.05, 3.63) is 77.7 Å². The predicted octanol–water partition coefficient (Wildman–Crippen LogP) is 3.51. The van der Waals surface area contributed by atoms with Crippen LogP contribution in [0.1, 0.15) is 11.1 Å². The van der Waals surface area contributed by atoms with E-state index in [9.17, 15) is 14.0 Å². The second-order valence-corrected chi connectivity index (χ2v) is 6.17. The molecule has 0 radical (unpaired) electrons. The summed E-state index contributed by atoms with van der Waals surface area (Å²) >= 11 is 0. The van der Waals surface area contributed by atoms with E-state index in [1.165, 1.54) is 18.2 Å². The van der Waals surface area contributed by atoms with Crippen molar-refractivity contribution in [2.45, 2.75) is 6.42 Å². The molecule has 7 heteroatoms. The predicted molar refractivity (Wildman–Crippen MR) is 104 cm³/mol. The van der Waals surface area contributed by atoms with Gasteiger partial charge >= 0.3 is 5.97 Å². The number of carbonyl (C=O) groups is 2. The standard InChI is InChI=1S/C21H18FN3O3/c1-25-21(15-4-7-17(22)8-5-15)16(13-23-25)6-11-19(26)24-18-9-2-14(3-10-18)12-20(27)28/h2-11,13H,12H2,1H3,(H,24,26)(H,27,28). The summed E-state index contributed by atoms with van der Waals surface area (Å²) in [5, 5.41) is 15.7. The maximum Gasteiger partial charge on any atom is 0.307 e. The van der Waals surface area contributed by atoms with Crippen LogP contribution in [0.2, 0.25) is 0 Å². The number of rotatable bonds is 6. The Hall–Kier alpha value is -3.74. The molecule has 0 aliphatic carbocycles. The SMILES string of the molecule is Cn1ncc(C=CC(=O)Nc2ccc(CC(=O)O)cc2)c1-c1ccc(F)cc1. The van der Waals surface area contributed by atoms with Gasteiger partial charge in [-0.2, -0.15) is 5.10 Å². The third kappa shape index (κ3) is 4.70. The molecule has 0 fully saturated rings. The van der Waals surface area contributed by atoms with Gasteiger partial charge in [0.1, 0.15) is 5.82 Å². The van der Waals surface area contributed by atoms with E-state index in [1.807, 2.05) is 0 Å². The molecule has 3 aromatic rings. The molecular formula is C21H18FN3O3. The zero-order valence-corrected chi connectivity index (χ0v) is 15.1. The topological polar surface area (TPSA) is 84.2 Å². The van der Waals surface area contributed by atoms with Crippen LogP contribution in [0.5, 0.6) is 0 Å². The maximum absolute atomic E-state index is 13.2. The summed E-state index contributed by atoms with van der Waals surface area (Å²) in [7, 11) is 1.77. The smallest absolute Gasteiger partial charge is 0.307 e. The number of nitrogens with zero attached hydrogens (tertiary/aromatic N) is 2. The second kappa shape index (κ2) is 8.30. The maximum atomic E-state index is 13.2. The molecule has 0 bridgehead atoms. The monoisotopic (exact) mass is 379 g/mol. The average Bonchev–Trinajstić information content (AvgIpc) is 3.02. The van der Waals surface area contributed by atoms with Crippen LogP contribution in [0.3, 0.4) is 0 Å². The molecule has 0 atom stereocenters. The average molecular weight is 379 g/mol. The first-order chi connectivity index (χ1) is 13.4. The molecule has 2 N–H and O–H groups in total. The first kappa shape index (κ1) is 19.0. The fourth-order valence-electron chi connectivity index (χ4n) is 2.77. The zero-order chi connectivity index (χ0) is 20.1. The summed E-state index contributed by atoms with van der Waals surface area (Å²) < 4.78 is 14.8. The molecule has 0 saturated carbocycles. The summed E-state index contributed by atoms with van der Waals surface area (Å²) in [5.41, 5.74) is 3.49. The van der Waals surface area contributed by atoms with Gasteiger partial charge in [-0.3, -0.25) is 14.3 Å². The lowest BCUT2D eigenvalue weighted by Gasteiger charge is -2.05. The van der Waals surface area contributed by atoms with Crippen molar-refractivity contribution in [1.29, 1.82) is 0 Å². The van der Waals surface area contributed by atoms with Crippen LogP contribution in [-0.4, -0.2) is 26.8 Å². The highest BCUT2D eigenvalue weighted by Gasteiger charge is 2.09. The van der Waals surface area contributed by atoms with Crippen LogP contribution in [0.4, 0.5) is 10.1 Å². The molecule has 6 nitrogen and oxygen atoms in total. The molecule has 142 valence electrons. The molecule has 2 aromatic carbocycles. The highest BCUT2D eigenvalue weighted by atomic mass is 19.1. The molecule has 28 heavy (non-hydrogen) atoms. The Kier molecular flexibility index (Phi) is 5.64. The number of nitrogens with one attached hydrogen (secondary N) is 1. The van der Waals surface area contributed by atoms with Gasteiger partial charge in [0.15, 0.2) is 0 Å². The van der Waals surface area contributed by atoms with E-state index in [4.69, 9.17) is 5.11 Å². The summed E-state index contributed by atoms with van der Waals surface area (Å²) in [6, 6.07) is 12.7. The lowest BCUT2D eigenvalue weighted by molar-refractivity contribution is -0.136. The van der Waals surface area contributed by atoms with Crippen molar-refractivity contribution in [3.63, 3.8) is 0 Å². The molecule has 3 rings (SSSR count). The molecule has 0 aliphatic rings. The number of aromatic nitrogens is 2. The third-order valence-electron chi connectivity index (χ3n) is 4.08.